The van der Waals surface area contributed by atoms with Crippen LogP contribution in [0.15, 0.2) is 36.5 Å². The highest BCUT2D eigenvalue weighted by Gasteiger charge is 2.08. The molecule has 0 spiro atoms. The number of pyridine rings is 1. The summed E-state index contributed by atoms with van der Waals surface area (Å²) in [5.41, 5.74) is -0.0259. The van der Waals surface area contributed by atoms with E-state index in [1.54, 1.807) is 0 Å². The molecule has 0 radical (unpaired) electrons. The third-order valence-corrected chi connectivity index (χ3v) is 2.09. The molecule has 1 heterocycles. The number of carbonyl (C=O) groups is 1. The van der Waals surface area contributed by atoms with Gasteiger partial charge in [-0.2, -0.15) is 0 Å². The summed E-state index contributed by atoms with van der Waals surface area (Å²) in [7, 11) is 0. The highest BCUT2D eigenvalue weighted by molar-refractivity contribution is 5.87. The van der Waals surface area contributed by atoms with E-state index in [9.17, 15) is 13.6 Å². The van der Waals surface area contributed by atoms with Crippen molar-refractivity contribution in [2.75, 3.05) is 0 Å². The number of aromatic nitrogens is 1. The van der Waals surface area contributed by atoms with E-state index in [2.05, 4.69) is 4.98 Å². The minimum Gasteiger partial charge on any atom is -0.478 e. The van der Waals surface area contributed by atoms with Gasteiger partial charge in [0.15, 0.2) is 11.6 Å². The summed E-state index contributed by atoms with van der Waals surface area (Å²) in [6, 6.07) is 5.28. The van der Waals surface area contributed by atoms with E-state index in [1.807, 2.05) is 0 Å². The maximum absolute atomic E-state index is 13.2. The Morgan fingerprint density at radius 2 is 2.00 bits per heavy atom. The van der Waals surface area contributed by atoms with Gasteiger partial charge < -0.3 is 9.84 Å². The number of carboxylic acid groups (broad SMARTS) is 1. The molecule has 2 rings (SSSR count). The first-order chi connectivity index (χ1) is 8.56. The largest absolute Gasteiger partial charge is 0.478 e. The first kappa shape index (κ1) is 12.0. The van der Waals surface area contributed by atoms with E-state index in [0.29, 0.717) is 0 Å². The molecule has 0 atom stereocenters. The van der Waals surface area contributed by atoms with Crippen molar-refractivity contribution in [3.8, 4) is 11.6 Å². The Bertz CT molecular complexity index is 584. The summed E-state index contributed by atoms with van der Waals surface area (Å²) in [4.78, 5) is 14.3. The van der Waals surface area contributed by atoms with Crippen LogP contribution in [0.1, 0.15) is 10.4 Å². The number of nitrogens with zero attached hydrogens (tertiary/aromatic N) is 1. The third kappa shape index (κ3) is 2.60. The highest BCUT2D eigenvalue weighted by atomic mass is 19.1. The lowest BCUT2D eigenvalue weighted by Gasteiger charge is -2.05. The van der Waals surface area contributed by atoms with Gasteiger partial charge in [0.25, 0.3) is 0 Å². The van der Waals surface area contributed by atoms with Crippen LogP contribution in [0.4, 0.5) is 8.78 Å². The van der Waals surface area contributed by atoms with Gasteiger partial charge in [0.2, 0.25) is 5.88 Å². The molecule has 0 saturated carbocycles. The Hall–Kier alpha value is -2.50. The van der Waals surface area contributed by atoms with E-state index in [1.165, 1.54) is 12.1 Å². The minimum absolute atomic E-state index is 0.0236. The summed E-state index contributed by atoms with van der Waals surface area (Å²) in [5.74, 6) is -2.85. The first-order valence-electron chi connectivity index (χ1n) is 4.88. The SMILES string of the molecule is O=C(O)c1ccc(Oc2cc(F)ccc2F)nc1. The van der Waals surface area contributed by atoms with E-state index < -0.39 is 17.6 Å². The molecule has 0 aliphatic heterocycles. The van der Waals surface area contributed by atoms with Crippen LogP contribution in [0.3, 0.4) is 0 Å². The summed E-state index contributed by atoms with van der Waals surface area (Å²) in [6.45, 7) is 0. The molecule has 0 bridgehead atoms. The van der Waals surface area contributed by atoms with Crippen molar-refractivity contribution in [2.45, 2.75) is 0 Å². The molecule has 1 aromatic heterocycles. The topological polar surface area (TPSA) is 59.4 Å². The van der Waals surface area contributed by atoms with Crippen molar-refractivity contribution in [1.29, 1.82) is 0 Å². The molecule has 0 aliphatic carbocycles. The molecule has 2 aromatic rings. The van der Waals surface area contributed by atoms with E-state index in [-0.39, 0.29) is 17.2 Å². The number of halogens is 2. The number of hydrogen-bond acceptors (Lipinski definition) is 3. The minimum atomic E-state index is -1.13. The van der Waals surface area contributed by atoms with E-state index in [0.717, 1.165) is 24.4 Å². The van der Waals surface area contributed by atoms with Gasteiger partial charge in [-0.1, -0.05) is 0 Å². The van der Waals surface area contributed by atoms with Crippen LogP contribution in [0.5, 0.6) is 11.6 Å². The van der Waals surface area contributed by atoms with Crippen molar-refractivity contribution in [3.63, 3.8) is 0 Å². The van der Waals surface area contributed by atoms with Crippen LogP contribution < -0.4 is 4.74 Å². The molecule has 0 unspecified atom stereocenters. The van der Waals surface area contributed by atoms with Gasteiger partial charge >= 0.3 is 5.97 Å². The second kappa shape index (κ2) is 4.79. The third-order valence-electron chi connectivity index (χ3n) is 2.09. The predicted octanol–water partition coefficient (Wildman–Crippen LogP) is 2.85. The van der Waals surface area contributed by atoms with Gasteiger partial charge in [-0.15, -0.1) is 0 Å². The highest BCUT2D eigenvalue weighted by Crippen LogP contribution is 2.23. The first-order valence-corrected chi connectivity index (χ1v) is 4.88. The fourth-order valence-electron chi connectivity index (χ4n) is 1.24. The Morgan fingerprint density at radius 3 is 2.61 bits per heavy atom. The van der Waals surface area contributed by atoms with Gasteiger partial charge in [0, 0.05) is 18.3 Å². The van der Waals surface area contributed by atoms with Gasteiger partial charge in [-0.3, -0.25) is 0 Å². The monoisotopic (exact) mass is 251 g/mol. The van der Waals surface area contributed by atoms with Crippen molar-refractivity contribution < 1.29 is 23.4 Å². The number of ether oxygens (including phenoxy) is 1. The van der Waals surface area contributed by atoms with Crippen LogP contribution in [-0.4, -0.2) is 16.1 Å². The molecular weight excluding hydrogens is 244 g/mol. The van der Waals surface area contributed by atoms with Gasteiger partial charge in [-0.05, 0) is 18.2 Å². The smallest absolute Gasteiger partial charge is 0.337 e. The fraction of sp³-hybridized carbons (Fsp3) is 0. The lowest BCUT2D eigenvalue weighted by molar-refractivity contribution is 0.0696. The summed E-state index contributed by atoms with van der Waals surface area (Å²) in [6.07, 6.45) is 1.06. The molecule has 1 N–H and O–H groups in total. The van der Waals surface area contributed by atoms with Gasteiger partial charge in [-0.25, -0.2) is 18.6 Å². The number of carboxylic acids is 1. The average molecular weight is 251 g/mol. The molecule has 92 valence electrons. The molecule has 1 aromatic carbocycles. The predicted molar refractivity (Wildman–Crippen MR) is 57.6 cm³/mol. The number of hydrogen-bond donors (Lipinski definition) is 1. The summed E-state index contributed by atoms with van der Waals surface area (Å²) in [5, 5.41) is 8.66. The number of benzene rings is 1. The lowest BCUT2D eigenvalue weighted by atomic mass is 10.3. The Labute approximate surface area is 100 Å². The standard InChI is InChI=1S/C12H7F2NO3/c13-8-2-3-9(14)10(5-8)18-11-4-1-7(6-15-11)12(16)17/h1-6H,(H,16,17). The second-order valence-electron chi connectivity index (χ2n) is 3.37. The average Bonchev–Trinajstić information content (AvgIpc) is 2.34. The molecule has 4 nitrogen and oxygen atoms in total. The fourth-order valence-corrected chi connectivity index (χ4v) is 1.24. The molecule has 0 amide bonds. The van der Waals surface area contributed by atoms with Crippen molar-refractivity contribution >= 4 is 5.97 Å². The molecule has 0 aliphatic rings. The van der Waals surface area contributed by atoms with Crippen LogP contribution >= 0.6 is 0 Å². The molecule has 0 fully saturated rings. The number of aromatic carboxylic acids is 1. The zero-order chi connectivity index (χ0) is 13.1. The van der Waals surface area contributed by atoms with Crippen LogP contribution in [0.25, 0.3) is 0 Å². The second-order valence-corrected chi connectivity index (χ2v) is 3.37. The van der Waals surface area contributed by atoms with E-state index >= 15 is 0 Å². The number of rotatable bonds is 3. The van der Waals surface area contributed by atoms with Crippen LogP contribution in [0.2, 0.25) is 0 Å². The molecule has 0 saturated heterocycles. The summed E-state index contributed by atoms with van der Waals surface area (Å²) >= 11 is 0. The van der Waals surface area contributed by atoms with Crippen molar-refractivity contribution in [1.82, 2.24) is 4.98 Å². The Morgan fingerprint density at radius 1 is 1.22 bits per heavy atom. The Kier molecular flexibility index (Phi) is 3.18. The normalized spacial score (nSPS) is 10.1. The van der Waals surface area contributed by atoms with Crippen molar-refractivity contribution in [2.24, 2.45) is 0 Å². The lowest BCUT2D eigenvalue weighted by Crippen LogP contribution is -1.98. The van der Waals surface area contributed by atoms with Crippen molar-refractivity contribution in [3.05, 3.63) is 53.7 Å². The van der Waals surface area contributed by atoms with Crippen LogP contribution in [0, 0.1) is 11.6 Å². The summed E-state index contributed by atoms with van der Waals surface area (Å²) < 4.78 is 31.1. The maximum atomic E-state index is 13.2. The molecular formula is C12H7F2NO3. The zero-order valence-corrected chi connectivity index (χ0v) is 8.93. The van der Waals surface area contributed by atoms with E-state index in [4.69, 9.17) is 9.84 Å². The molecule has 18 heavy (non-hydrogen) atoms. The Balaban J connectivity index is 2.23. The van der Waals surface area contributed by atoms with Gasteiger partial charge in [0.05, 0.1) is 5.56 Å². The maximum Gasteiger partial charge on any atom is 0.337 e. The zero-order valence-electron chi connectivity index (χ0n) is 8.93. The van der Waals surface area contributed by atoms with Gasteiger partial charge in [0.1, 0.15) is 5.82 Å². The quantitative estimate of drug-likeness (QED) is 0.911. The van der Waals surface area contributed by atoms with Crippen LogP contribution in [-0.2, 0) is 0 Å². The molecule has 6 heteroatoms.